The first-order valence-corrected chi connectivity index (χ1v) is 14.2. The van der Waals surface area contributed by atoms with Gasteiger partial charge in [-0.15, -0.1) is 11.8 Å². The van der Waals surface area contributed by atoms with Crippen LogP contribution in [0.5, 0.6) is 0 Å². The lowest BCUT2D eigenvalue weighted by Gasteiger charge is -2.57. The number of halogens is 1. The van der Waals surface area contributed by atoms with Gasteiger partial charge >= 0.3 is 5.97 Å². The number of carbonyl (C=O) groups excluding carboxylic acids is 4. The van der Waals surface area contributed by atoms with Crippen molar-refractivity contribution in [2.45, 2.75) is 36.1 Å². The van der Waals surface area contributed by atoms with E-state index in [1.54, 1.807) is 18.2 Å². The summed E-state index contributed by atoms with van der Waals surface area (Å²) in [5, 5.41) is 10.6. The van der Waals surface area contributed by atoms with Gasteiger partial charge in [0.25, 0.3) is 17.7 Å². The minimum atomic E-state index is -1.60. The molecule has 3 aromatic carbocycles. The Balaban J connectivity index is 1.29. The number of rotatable bonds is 5. The van der Waals surface area contributed by atoms with Crippen molar-refractivity contribution >= 4 is 51.4 Å². The van der Waals surface area contributed by atoms with Gasteiger partial charge in [0.15, 0.2) is 12.1 Å². The molecule has 0 radical (unpaired) electrons. The molecule has 0 aliphatic carbocycles. The summed E-state index contributed by atoms with van der Waals surface area (Å²) in [5.41, 5.74) is 0.316. The Morgan fingerprint density at radius 3 is 2.18 bits per heavy atom. The molecule has 8 nitrogen and oxygen atoms in total. The summed E-state index contributed by atoms with van der Waals surface area (Å²) in [6, 6.07) is 20.9. The second kappa shape index (κ2) is 9.62. The fourth-order valence-corrected chi connectivity index (χ4v) is 7.44. The van der Waals surface area contributed by atoms with E-state index in [0.29, 0.717) is 4.47 Å². The molecule has 2 unspecified atom stereocenters. The minimum absolute atomic E-state index is 0.103. The van der Waals surface area contributed by atoms with E-state index in [0.717, 1.165) is 16.0 Å². The topological polar surface area (TPSA) is 104 Å². The maximum atomic E-state index is 13.7. The molecule has 2 fully saturated rings. The van der Waals surface area contributed by atoms with E-state index < -0.39 is 52.9 Å². The Hall–Kier alpha value is -3.47. The molecule has 3 heterocycles. The SMILES string of the molecule is C[C@@]1(O)CS[C@@H]2C(N3C(=O)c4cccc(Br)c4C3=O)C(=O)N2C1C(=O)OC(c1ccccc1)c1ccccc1. The number of benzene rings is 3. The zero-order valence-electron chi connectivity index (χ0n) is 20.7. The molecule has 0 aromatic heterocycles. The van der Waals surface area contributed by atoms with Gasteiger partial charge in [-0.05, 0) is 46.1 Å². The zero-order valence-corrected chi connectivity index (χ0v) is 23.1. The molecule has 2 saturated heterocycles. The first kappa shape index (κ1) is 25.8. The molecule has 0 bridgehead atoms. The fourth-order valence-electron chi connectivity index (χ4n) is 5.43. The van der Waals surface area contributed by atoms with Crippen LogP contribution in [0.1, 0.15) is 44.9 Å². The van der Waals surface area contributed by atoms with E-state index in [1.807, 2.05) is 60.7 Å². The van der Waals surface area contributed by atoms with Crippen LogP contribution < -0.4 is 0 Å². The van der Waals surface area contributed by atoms with Crippen LogP contribution in [0.4, 0.5) is 0 Å². The number of esters is 1. The van der Waals surface area contributed by atoms with Crippen molar-refractivity contribution in [3.8, 4) is 0 Å². The van der Waals surface area contributed by atoms with Crippen molar-refractivity contribution < 1.29 is 29.0 Å². The summed E-state index contributed by atoms with van der Waals surface area (Å²) in [6.45, 7) is 1.49. The van der Waals surface area contributed by atoms with Gasteiger partial charge in [-0.1, -0.05) is 66.7 Å². The van der Waals surface area contributed by atoms with Gasteiger partial charge in [-0.2, -0.15) is 0 Å². The van der Waals surface area contributed by atoms with Gasteiger partial charge < -0.3 is 14.7 Å². The molecular weight excluding hydrogens is 584 g/mol. The zero-order chi connectivity index (χ0) is 27.5. The number of fused-ring (bicyclic) bond motifs is 2. The highest BCUT2D eigenvalue weighted by molar-refractivity contribution is 9.10. The van der Waals surface area contributed by atoms with Crippen LogP contribution in [-0.4, -0.2) is 67.4 Å². The molecule has 0 saturated carbocycles. The van der Waals surface area contributed by atoms with Gasteiger partial charge in [0.05, 0.1) is 11.1 Å². The van der Waals surface area contributed by atoms with Crippen LogP contribution in [0.3, 0.4) is 0 Å². The first-order chi connectivity index (χ1) is 18.7. The Bertz CT molecular complexity index is 1460. The summed E-state index contributed by atoms with van der Waals surface area (Å²) >= 11 is 4.55. The van der Waals surface area contributed by atoms with Crippen LogP contribution in [-0.2, 0) is 14.3 Å². The van der Waals surface area contributed by atoms with E-state index in [-0.39, 0.29) is 16.9 Å². The van der Waals surface area contributed by atoms with Crippen LogP contribution in [0.15, 0.2) is 83.3 Å². The average molecular weight is 607 g/mol. The van der Waals surface area contributed by atoms with Crippen molar-refractivity contribution in [2.75, 3.05) is 5.75 Å². The molecule has 3 amide bonds. The number of thioether (sulfide) groups is 1. The van der Waals surface area contributed by atoms with E-state index in [4.69, 9.17) is 4.74 Å². The number of ether oxygens (including phenoxy) is 1. The maximum Gasteiger partial charge on any atom is 0.332 e. The fraction of sp³-hybridized carbons (Fsp3) is 0.241. The largest absolute Gasteiger partial charge is 0.451 e. The number of nitrogens with zero attached hydrogens (tertiary/aromatic N) is 2. The van der Waals surface area contributed by atoms with Crippen molar-refractivity contribution in [3.63, 3.8) is 0 Å². The molecule has 4 atom stereocenters. The quantitative estimate of drug-likeness (QED) is 0.268. The van der Waals surface area contributed by atoms with Crippen molar-refractivity contribution in [1.82, 2.24) is 9.80 Å². The van der Waals surface area contributed by atoms with Gasteiger partial charge in [0.1, 0.15) is 17.0 Å². The van der Waals surface area contributed by atoms with Crippen molar-refractivity contribution in [3.05, 3.63) is 106 Å². The van der Waals surface area contributed by atoms with Crippen molar-refractivity contribution in [1.29, 1.82) is 0 Å². The predicted octanol–water partition coefficient (Wildman–Crippen LogP) is 3.78. The number of amides is 3. The molecule has 39 heavy (non-hydrogen) atoms. The maximum absolute atomic E-state index is 13.7. The molecule has 3 aromatic rings. The molecule has 0 spiro atoms. The highest BCUT2D eigenvalue weighted by Crippen LogP contribution is 2.47. The van der Waals surface area contributed by atoms with E-state index in [9.17, 15) is 24.3 Å². The van der Waals surface area contributed by atoms with Gasteiger partial charge in [-0.25, -0.2) is 4.79 Å². The van der Waals surface area contributed by atoms with Crippen LogP contribution in [0.25, 0.3) is 0 Å². The van der Waals surface area contributed by atoms with Gasteiger partial charge in [0.2, 0.25) is 0 Å². The Morgan fingerprint density at radius 2 is 1.59 bits per heavy atom. The van der Waals surface area contributed by atoms with Crippen LogP contribution >= 0.6 is 27.7 Å². The average Bonchev–Trinajstić information content (AvgIpc) is 3.18. The third-order valence-electron chi connectivity index (χ3n) is 7.30. The molecular formula is C29H23BrN2O6S. The second-order valence-electron chi connectivity index (χ2n) is 9.93. The van der Waals surface area contributed by atoms with Crippen LogP contribution in [0, 0.1) is 0 Å². The molecule has 3 aliphatic heterocycles. The van der Waals surface area contributed by atoms with Gasteiger partial charge in [-0.3, -0.25) is 19.3 Å². The Morgan fingerprint density at radius 1 is 0.974 bits per heavy atom. The number of β-lactam (4-membered cyclic amide) rings is 1. The number of carbonyl (C=O) groups is 4. The standard InChI is InChI=1S/C29H23BrN2O6S/c1-29(37)15-39-27-21(31-24(33)18-13-8-14-19(30)20(18)25(31)34)26(35)32(27)23(29)28(36)38-22(16-9-4-2-5-10-16)17-11-6-3-7-12-17/h2-14,21-23,27,37H,15H2,1H3/t21?,23?,27-,29-/m1/s1. The summed E-state index contributed by atoms with van der Waals surface area (Å²) in [5.74, 6) is -2.37. The third-order valence-corrected chi connectivity index (χ3v) is 9.54. The molecule has 3 aliphatic rings. The Kier molecular flexibility index (Phi) is 6.36. The predicted molar refractivity (Wildman–Crippen MR) is 147 cm³/mol. The normalized spacial score (nSPS) is 25.8. The van der Waals surface area contributed by atoms with Gasteiger partial charge in [0, 0.05) is 10.2 Å². The Labute approximate surface area is 237 Å². The number of imide groups is 1. The lowest BCUT2D eigenvalue weighted by atomic mass is 9.90. The first-order valence-electron chi connectivity index (χ1n) is 12.3. The minimum Gasteiger partial charge on any atom is -0.451 e. The smallest absolute Gasteiger partial charge is 0.332 e. The molecule has 1 N–H and O–H groups in total. The molecule has 10 heteroatoms. The van der Waals surface area contributed by atoms with E-state index in [2.05, 4.69) is 15.9 Å². The summed E-state index contributed by atoms with van der Waals surface area (Å²) in [4.78, 5) is 56.0. The highest BCUT2D eigenvalue weighted by Gasteiger charge is 2.65. The summed E-state index contributed by atoms with van der Waals surface area (Å²) < 4.78 is 6.48. The van der Waals surface area contributed by atoms with Crippen LogP contribution in [0.2, 0.25) is 0 Å². The number of aliphatic hydroxyl groups is 1. The monoisotopic (exact) mass is 606 g/mol. The third kappa shape index (κ3) is 4.09. The molecule has 198 valence electrons. The molecule has 6 rings (SSSR count). The summed E-state index contributed by atoms with van der Waals surface area (Å²) in [6.07, 6.45) is -0.760. The highest BCUT2D eigenvalue weighted by atomic mass is 79.9. The van der Waals surface area contributed by atoms with Crippen molar-refractivity contribution in [2.24, 2.45) is 0 Å². The summed E-state index contributed by atoms with van der Waals surface area (Å²) in [7, 11) is 0. The van der Waals surface area contributed by atoms with E-state index in [1.165, 1.54) is 23.6 Å². The number of hydrogen-bond donors (Lipinski definition) is 1. The lowest BCUT2D eigenvalue weighted by molar-refractivity contribution is -0.182. The second-order valence-corrected chi connectivity index (χ2v) is 11.9. The number of hydrogen-bond acceptors (Lipinski definition) is 7. The lowest BCUT2D eigenvalue weighted by Crippen LogP contribution is -2.79. The van der Waals surface area contributed by atoms with E-state index >= 15 is 0 Å².